The van der Waals surface area contributed by atoms with Crippen LogP contribution in [-0.2, 0) is 13.2 Å². The molecule has 1 amide bonds. The van der Waals surface area contributed by atoms with Gasteiger partial charge in [-0.15, -0.1) is 0 Å². The van der Waals surface area contributed by atoms with Gasteiger partial charge in [0.25, 0.3) is 5.91 Å². The molecule has 2 aromatic heterocycles. The Morgan fingerprint density at radius 3 is 2.73 bits per heavy atom. The van der Waals surface area contributed by atoms with Crippen LogP contribution in [0.3, 0.4) is 0 Å². The number of rotatable bonds is 8. The molecule has 0 aliphatic carbocycles. The summed E-state index contributed by atoms with van der Waals surface area (Å²) in [7, 11) is 0. The van der Waals surface area contributed by atoms with E-state index in [9.17, 15) is 14.9 Å². The predicted molar refractivity (Wildman–Crippen MR) is 110 cm³/mol. The number of carbonyl (C=O) groups is 1. The van der Waals surface area contributed by atoms with E-state index in [1.165, 1.54) is 10.7 Å². The number of amides is 1. The predicted octanol–water partition coefficient (Wildman–Crippen LogP) is 4.32. The monoisotopic (exact) mass is 452 g/mol. The Bertz CT molecular complexity index is 1090. The summed E-state index contributed by atoms with van der Waals surface area (Å²) >= 11 is 11.9. The fourth-order valence-electron chi connectivity index (χ4n) is 2.85. The Morgan fingerprint density at radius 2 is 2.07 bits per heavy atom. The van der Waals surface area contributed by atoms with Gasteiger partial charge in [-0.05, 0) is 44.2 Å². The van der Waals surface area contributed by atoms with Crippen molar-refractivity contribution in [3.05, 3.63) is 73.4 Å². The first-order chi connectivity index (χ1) is 14.3. The van der Waals surface area contributed by atoms with Gasteiger partial charge in [-0.25, -0.2) is 0 Å². The van der Waals surface area contributed by atoms with E-state index in [-0.39, 0.29) is 31.1 Å². The highest BCUT2D eigenvalue weighted by atomic mass is 35.5. The van der Waals surface area contributed by atoms with E-state index in [0.29, 0.717) is 32.9 Å². The molecule has 3 aromatic rings. The van der Waals surface area contributed by atoms with Crippen molar-refractivity contribution in [2.75, 3.05) is 6.54 Å². The molecule has 0 bridgehead atoms. The van der Waals surface area contributed by atoms with Crippen molar-refractivity contribution in [3.8, 4) is 5.75 Å². The van der Waals surface area contributed by atoms with E-state index in [1.807, 2.05) is 0 Å². The Labute approximate surface area is 181 Å². The fraction of sp³-hybridized carbons (Fsp3) is 0.263. The summed E-state index contributed by atoms with van der Waals surface area (Å²) in [4.78, 5) is 22.8. The molecule has 9 nitrogen and oxygen atoms in total. The molecule has 1 N–H and O–H groups in total. The summed E-state index contributed by atoms with van der Waals surface area (Å²) in [5, 5.41) is 18.8. The van der Waals surface area contributed by atoms with Gasteiger partial charge in [0, 0.05) is 11.6 Å². The highest BCUT2D eigenvalue weighted by molar-refractivity contribution is 6.35. The first-order valence-electron chi connectivity index (χ1n) is 8.89. The van der Waals surface area contributed by atoms with Crippen LogP contribution >= 0.6 is 23.2 Å². The SMILES string of the molecule is Cc1nn(CCNC(=O)c2ccc(COc3ccc(Cl)cc3Cl)o2)c(C)c1[N+](=O)[O-]. The fourth-order valence-corrected chi connectivity index (χ4v) is 3.31. The van der Waals surface area contributed by atoms with E-state index >= 15 is 0 Å². The number of furan rings is 1. The number of halogens is 2. The minimum absolute atomic E-state index is 0.0159. The van der Waals surface area contributed by atoms with Crippen LogP contribution in [0.1, 0.15) is 27.7 Å². The van der Waals surface area contributed by atoms with Crippen molar-refractivity contribution in [1.82, 2.24) is 15.1 Å². The zero-order chi connectivity index (χ0) is 21.8. The van der Waals surface area contributed by atoms with Crippen LogP contribution in [0.2, 0.25) is 10.0 Å². The first kappa shape index (κ1) is 21.7. The van der Waals surface area contributed by atoms with Crippen molar-refractivity contribution in [2.24, 2.45) is 0 Å². The lowest BCUT2D eigenvalue weighted by molar-refractivity contribution is -0.386. The zero-order valence-electron chi connectivity index (χ0n) is 16.1. The van der Waals surface area contributed by atoms with Gasteiger partial charge in [0.05, 0.1) is 16.5 Å². The lowest BCUT2D eigenvalue weighted by Crippen LogP contribution is -2.27. The number of nitro groups is 1. The average molecular weight is 453 g/mol. The average Bonchev–Trinajstić information content (AvgIpc) is 3.25. The number of aromatic nitrogens is 2. The molecule has 0 fully saturated rings. The lowest BCUT2D eigenvalue weighted by atomic mass is 10.3. The number of hydrogen-bond donors (Lipinski definition) is 1. The molecule has 0 atom stereocenters. The van der Waals surface area contributed by atoms with Crippen LogP contribution in [0.4, 0.5) is 5.69 Å². The molecular weight excluding hydrogens is 435 g/mol. The maximum absolute atomic E-state index is 12.3. The van der Waals surface area contributed by atoms with Crippen molar-refractivity contribution in [1.29, 1.82) is 0 Å². The minimum atomic E-state index is -0.462. The van der Waals surface area contributed by atoms with E-state index in [1.54, 1.807) is 38.1 Å². The van der Waals surface area contributed by atoms with Gasteiger partial charge in [0.15, 0.2) is 5.76 Å². The summed E-state index contributed by atoms with van der Waals surface area (Å²) < 4.78 is 12.6. The van der Waals surface area contributed by atoms with Crippen LogP contribution in [0.25, 0.3) is 0 Å². The third-order valence-electron chi connectivity index (χ3n) is 4.28. The number of hydrogen-bond acceptors (Lipinski definition) is 6. The molecule has 3 rings (SSSR count). The maximum atomic E-state index is 12.3. The third kappa shape index (κ3) is 4.92. The highest BCUT2D eigenvalue weighted by Crippen LogP contribution is 2.28. The quantitative estimate of drug-likeness (QED) is 0.402. The number of nitrogens with one attached hydrogen (secondary N) is 1. The molecule has 0 radical (unpaired) electrons. The minimum Gasteiger partial charge on any atom is -0.484 e. The van der Waals surface area contributed by atoms with Gasteiger partial charge >= 0.3 is 5.69 Å². The third-order valence-corrected chi connectivity index (χ3v) is 4.81. The highest BCUT2D eigenvalue weighted by Gasteiger charge is 2.21. The maximum Gasteiger partial charge on any atom is 0.312 e. The molecule has 30 heavy (non-hydrogen) atoms. The number of carbonyl (C=O) groups excluding carboxylic acids is 1. The Hall–Kier alpha value is -3.04. The molecule has 0 spiro atoms. The van der Waals surface area contributed by atoms with E-state index in [2.05, 4.69) is 10.4 Å². The normalized spacial score (nSPS) is 10.8. The number of ether oxygens (including phenoxy) is 1. The summed E-state index contributed by atoms with van der Waals surface area (Å²) in [6.07, 6.45) is 0. The zero-order valence-corrected chi connectivity index (χ0v) is 17.7. The molecule has 0 saturated carbocycles. The number of nitrogens with zero attached hydrogens (tertiary/aromatic N) is 3. The van der Waals surface area contributed by atoms with Crippen molar-refractivity contribution >= 4 is 34.8 Å². The number of aryl methyl sites for hydroxylation is 1. The molecule has 0 aliphatic heterocycles. The molecular formula is C19H18Cl2N4O5. The molecule has 0 unspecified atom stereocenters. The molecule has 11 heteroatoms. The van der Waals surface area contributed by atoms with Crippen LogP contribution in [0.5, 0.6) is 5.75 Å². The smallest absolute Gasteiger partial charge is 0.312 e. The van der Waals surface area contributed by atoms with Crippen LogP contribution in [0, 0.1) is 24.0 Å². The van der Waals surface area contributed by atoms with Gasteiger partial charge in [0.1, 0.15) is 29.5 Å². The van der Waals surface area contributed by atoms with Crippen LogP contribution in [0.15, 0.2) is 34.7 Å². The topological polar surface area (TPSA) is 112 Å². The molecule has 0 aliphatic rings. The number of benzene rings is 1. The standard InChI is InChI=1S/C19H18Cl2N4O5/c1-11-18(25(27)28)12(2)24(23-11)8-7-22-19(26)17-6-4-14(30-17)10-29-16-5-3-13(20)9-15(16)21/h3-6,9H,7-8,10H2,1-2H3,(H,22,26). The van der Waals surface area contributed by atoms with E-state index in [4.69, 9.17) is 32.4 Å². The Morgan fingerprint density at radius 1 is 1.30 bits per heavy atom. The van der Waals surface area contributed by atoms with E-state index < -0.39 is 10.8 Å². The Balaban J connectivity index is 1.53. The molecule has 1 aromatic carbocycles. The van der Waals surface area contributed by atoms with Crippen LogP contribution in [-0.4, -0.2) is 27.2 Å². The largest absolute Gasteiger partial charge is 0.484 e. The van der Waals surface area contributed by atoms with Crippen molar-refractivity contribution in [2.45, 2.75) is 27.0 Å². The Kier molecular flexibility index (Phi) is 6.63. The van der Waals surface area contributed by atoms with Gasteiger partial charge in [-0.1, -0.05) is 23.2 Å². The van der Waals surface area contributed by atoms with Crippen molar-refractivity contribution < 1.29 is 18.9 Å². The lowest BCUT2D eigenvalue weighted by Gasteiger charge is -2.07. The summed E-state index contributed by atoms with van der Waals surface area (Å²) in [5.74, 6) is 0.597. The van der Waals surface area contributed by atoms with Gasteiger partial charge < -0.3 is 14.5 Å². The molecule has 158 valence electrons. The second-order valence-corrected chi connectivity index (χ2v) is 7.23. The molecule has 2 heterocycles. The summed E-state index contributed by atoms with van der Waals surface area (Å²) in [5.41, 5.74) is 0.753. The van der Waals surface area contributed by atoms with Gasteiger partial charge in [0.2, 0.25) is 0 Å². The van der Waals surface area contributed by atoms with Gasteiger partial charge in [-0.2, -0.15) is 5.10 Å². The summed E-state index contributed by atoms with van der Waals surface area (Å²) in [6.45, 7) is 3.79. The van der Waals surface area contributed by atoms with Gasteiger partial charge in [-0.3, -0.25) is 19.6 Å². The second kappa shape index (κ2) is 9.19. The first-order valence-corrected chi connectivity index (χ1v) is 9.65. The van der Waals surface area contributed by atoms with E-state index in [0.717, 1.165) is 0 Å². The second-order valence-electron chi connectivity index (χ2n) is 6.38. The molecule has 0 saturated heterocycles. The summed E-state index contributed by atoms with van der Waals surface area (Å²) in [6, 6.07) is 8.03. The van der Waals surface area contributed by atoms with Crippen molar-refractivity contribution in [3.63, 3.8) is 0 Å². The van der Waals surface area contributed by atoms with Crippen LogP contribution < -0.4 is 10.1 Å².